The van der Waals surface area contributed by atoms with Gasteiger partial charge in [0.15, 0.2) is 16.6 Å². The molecule has 1 aromatic heterocycles. The van der Waals surface area contributed by atoms with Crippen LogP contribution in [0.2, 0.25) is 0 Å². The predicted molar refractivity (Wildman–Crippen MR) is 145 cm³/mol. The van der Waals surface area contributed by atoms with Crippen molar-refractivity contribution in [3.8, 4) is 11.5 Å². The Kier molecular flexibility index (Phi) is 8.82. The van der Waals surface area contributed by atoms with Crippen molar-refractivity contribution < 1.29 is 27.4 Å². The minimum Gasteiger partial charge on any atom is -0.493 e. The molecule has 0 spiro atoms. The second-order valence-electron chi connectivity index (χ2n) is 8.50. The molecule has 0 saturated carbocycles. The van der Waals surface area contributed by atoms with Gasteiger partial charge in [-0.2, -0.15) is 18.3 Å². The number of benzene rings is 3. The Hall–Kier alpha value is -4.38. The Morgan fingerprint density at radius 3 is 2.62 bits per heavy atom. The van der Waals surface area contributed by atoms with Gasteiger partial charge in [0.2, 0.25) is 5.91 Å². The molecule has 4 rings (SSSR count). The zero-order valence-corrected chi connectivity index (χ0v) is 21.9. The molecule has 0 saturated heterocycles. The van der Waals surface area contributed by atoms with Crippen molar-refractivity contribution in [2.45, 2.75) is 26.1 Å². The average molecular weight is 555 g/mol. The topological polar surface area (TPSA) is 84.8 Å². The summed E-state index contributed by atoms with van der Waals surface area (Å²) in [5.41, 5.74) is 5.29. The number of amides is 1. The van der Waals surface area contributed by atoms with Gasteiger partial charge >= 0.3 is 6.18 Å². The van der Waals surface area contributed by atoms with Gasteiger partial charge < -0.3 is 14.8 Å². The monoisotopic (exact) mass is 554 g/mol. The van der Waals surface area contributed by atoms with Crippen molar-refractivity contribution in [3.63, 3.8) is 0 Å². The summed E-state index contributed by atoms with van der Waals surface area (Å²) < 4.78 is 50.0. The molecule has 0 bridgehead atoms. The van der Waals surface area contributed by atoms with E-state index in [9.17, 15) is 18.0 Å². The van der Waals surface area contributed by atoms with Crippen molar-refractivity contribution in [2.24, 2.45) is 5.10 Å². The molecule has 39 heavy (non-hydrogen) atoms. The van der Waals surface area contributed by atoms with Crippen LogP contribution in [0.3, 0.4) is 0 Å². The number of carbonyl (C=O) groups excluding carboxylic acids is 1. The Morgan fingerprint density at radius 2 is 1.87 bits per heavy atom. The molecule has 0 fully saturated rings. The molecule has 0 atom stereocenters. The number of alkyl halides is 3. The van der Waals surface area contributed by atoms with E-state index in [-0.39, 0.29) is 12.1 Å². The highest BCUT2D eigenvalue weighted by atomic mass is 32.1. The molecule has 0 radical (unpaired) electrons. The van der Waals surface area contributed by atoms with Gasteiger partial charge in [0, 0.05) is 11.1 Å². The normalized spacial score (nSPS) is 11.4. The van der Waals surface area contributed by atoms with Crippen LogP contribution >= 0.6 is 11.3 Å². The number of rotatable bonds is 10. The highest BCUT2D eigenvalue weighted by molar-refractivity contribution is 7.13. The SMILES string of the molecule is COc1cc(/C=N\NC(=O)Cc2csc(Nc3cccc(C(F)(F)F)c3)n2)ccc1OCc1ccc(C)cc1. The van der Waals surface area contributed by atoms with Gasteiger partial charge in [0.05, 0.1) is 31.0 Å². The number of aryl methyl sites for hydroxylation is 1. The number of nitrogens with zero attached hydrogens (tertiary/aromatic N) is 2. The number of nitrogens with one attached hydrogen (secondary N) is 2. The fourth-order valence-corrected chi connectivity index (χ4v) is 4.18. The van der Waals surface area contributed by atoms with Crippen LogP contribution in [-0.4, -0.2) is 24.2 Å². The highest BCUT2D eigenvalue weighted by Gasteiger charge is 2.30. The fourth-order valence-electron chi connectivity index (χ4n) is 3.45. The van der Waals surface area contributed by atoms with E-state index >= 15 is 0 Å². The van der Waals surface area contributed by atoms with Crippen molar-refractivity contribution in [3.05, 3.63) is 100 Å². The van der Waals surface area contributed by atoms with Gasteiger partial charge in [-0.15, -0.1) is 11.3 Å². The zero-order chi connectivity index (χ0) is 27.8. The van der Waals surface area contributed by atoms with Crippen LogP contribution in [0.1, 0.15) is 27.9 Å². The first kappa shape index (κ1) is 27.6. The molecule has 11 heteroatoms. The third-order valence-corrected chi connectivity index (χ3v) is 6.25. The van der Waals surface area contributed by atoms with Crippen LogP contribution < -0.4 is 20.2 Å². The van der Waals surface area contributed by atoms with Gasteiger partial charge in [0.1, 0.15) is 6.61 Å². The van der Waals surface area contributed by atoms with Crippen LogP contribution in [0, 0.1) is 6.92 Å². The summed E-state index contributed by atoms with van der Waals surface area (Å²) >= 11 is 1.18. The summed E-state index contributed by atoms with van der Waals surface area (Å²) in [5.74, 6) is 0.713. The maximum atomic E-state index is 12.9. The second-order valence-corrected chi connectivity index (χ2v) is 9.36. The number of anilines is 2. The number of halogens is 3. The van der Waals surface area contributed by atoms with E-state index in [4.69, 9.17) is 9.47 Å². The van der Waals surface area contributed by atoms with Crippen LogP contribution in [0.4, 0.5) is 24.0 Å². The first-order chi connectivity index (χ1) is 18.7. The minimum atomic E-state index is -4.44. The third-order valence-electron chi connectivity index (χ3n) is 5.44. The highest BCUT2D eigenvalue weighted by Crippen LogP contribution is 2.32. The molecule has 0 aliphatic rings. The minimum absolute atomic E-state index is 0.0484. The van der Waals surface area contributed by atoms with Crippen LogP contribution in [0.15, 0.2) is 77.2 Å². The summed E-state index contributed by atoms with van der Waals surface area (Å²) in [7, 11) is 1.54. The molecular formula is C28H25F3N4O3S. The lowest BCUT2D eigenvalue weighted by Gasteiger charge is -2.11. The summed E-state index contributed by atoms with van der Waals surface area (Å²) in [6, 6.07) is 18.2. The lowest BCUT2D eigenvalue weighted by atomic mass is 10.2. The third kappa shape index (κ3) is 8.05. The second kappa shape index (κ2) is 12.4. The van der Waals surface area contributed by atoms with E-state index in [2.05, 4.69) is 20.8 Å². The summed E-state index contributed by atoms with van der Waals surface area (Å²) in [6.45, 7) is 2.42. The van der Waals surface area contributed by atoms with Crippen LogP contribution in [0.25, 0.3) is 0 Å². The van der Waals surface area contributed by atoms with E-state index in [1.807, 2.05) is 31.2 Å². The van der Waals surface area contributed by atoms with E-state index in [0.717, 1.165) is 17.7 Å². The molecule has 0 aliphatic heterocycles. The fraction of sp³-hybridized carbons (Fsp3) is 0.179. The Morgan fingerprint density at radius 1 is 1.08 bits per heavy atom. The maximum Gasteiger partial charge on any atom is 0.416 e. The van der Waals surface area contributed by atoms with Gasteiger partial charge in [-0.1, -0.05) is 35.9 Å². The summed E-state index contributed by atoms with van der Waals surface area (Å²) in [6.07, 6.45) is -3.01. The summed E-state index contributed by atoms with van der Waals surface area (Å²) in [5, 5.41) is 8.84. The first-order valence-corrected chi connectivity index (χ1v) is 12.6. The van der Waals surface area contributed by atoms with Gasteiger partial charge in [0.25, 0.3) is 0 Å². The Bertz CT molecular complexity index is 1450. The largest absolute Gasteiger partial charge is 0.493 e. The zero-order valence-electron chi connectivity index (χ0n) is 21.1. The number of hydrogen-bond donors (Lipinski definition) is 2. The van der Waals surface area contributed by atoms with E-state index in [0.29, 0.717) is 34.5 Å². The number of methoxy groups -OCH3 is 1. The number of thiazole rings is 1. The summed E-state index contributed by atoms with van der Waals surface area (Å²) in [4.78, 5) is 16.6. The van der Waals surface area contributed by atoms with Crippen molar-refractivity contribution in [1.29, 1.82) is 0 Å². The molecule has 4 aromatic rings. The van der Waals surface area contributed by atoms with Crippen LogP contribution in [-0.2, 0) is 24.0 Å². The number of ether oxygens (including phenoxy) is 2. The number of carbonyl (C=O) groups is 1. The molecule has 2 N–H and O–H groups in total. The Labute approximate surface area is 227 Å². The van der Waals surface area contributed by atoms with E-state index < -0.39 is 17.6 Å². The van der Waals surface area contributed by atoms with Crippen molar-refractivity contribution in [1.82, 2.24) is 10.4 Å². The molecule has 202 valence electrons. The smallest absolute Gasteiger partial charge is 0.416 e. The lowest BCUT2D eigenvalue weighted by Crippen LogP contribution is -2.19. The van der Waals surface area contributed by atoms with E-state index in [1.54, 1.807) is 30.7 Å². The molecule has 3 aromatic carbocycles. The quantitative estimate of drug-likeness (QED) is 0.173. The number of hydrogen-bond acceptors (Lipinski definition) is 7. The number of aromatic nitrogens is 1. The van der Waals surface area contributed by atoms with E-state index in [1.165, 1.54) is 35.2 Å². The molecule has 0 aliphatic carbocycles. The van der Waals surface area contributed by atoms with Crippen molar-refractivity contribution in [2.75, 3.05) is 12.4 Å². The molecule has 1 amide bonds. The molecule has 0 unspecified atom stereocenters. The average Bonchev–Trinajstić information content (AvgIpc) is 3.34. The molecule has 7 nitrogen and oxygen atoms in total. The Balaban J connectivity index is 1.29. The molecule has 1 heterocycles. The van der Waals surface area contributed by atoms with Gasteiger partial charge in [-0.25, -0.2) is 10.4 Å². The first-order valence-electron chi connectivity index (χ1n) is 11.8. The standard InChI is InChI=1S/C28H25F3N4O3S/c1-18-6-8-19(9-7-18)16-38-24-11-10-20(12-25(24)37-2)15-32-35-26(36)14-23-17-39-27(34-23)33-22-5-3-4-21(13-22)28(29,30)31/h3-13,15,17H,14,16H2,1-2H3,(H,33,34)(H,35,36)/b32-15-. The molecular weight excluding hydrogens is 529 g/mol. The lowest BCUT2D eigenvalue weighted by molar-refractivity contribution is -0.137. The van der Waals surface area contributed by atoms with Gasteiger partial charge in [-0.3, -0.25) is 4.79 Å². The van der Waals surface area contributed by atoms with Gasteiger partial charge in [-0.05, 0) is 54.4 Å². The van der Waals surface area contributed by atoms with Crippen LogP contribution in [0.5, 0.6) is 11.5 Å². The maximum absolute atomic E-state index is 12.9. The van der Waals surface area contributed by atoms with Crippen molar-refractivity contribution >= 4 is 34.3 Å². The number of hydrazone groups is 1. The predicted octanol–water partition coefficient (Wildman–Crippen LogP) is 6.49.